The zero-order valence-electron chi connectivity index (χ0n) is 26.5. The molecule has 2 nitrogen and oxygen atoms in total. The third-order valence-electron chi connectivity index (χ3n) is 8.83. The third kappa shape index (κ3) is 6.12. The fourth-order valence-corrected chi connectivity index (χ4v) is 6.33. The Labute approximate surface area is 281 Å². The molecule has 0 saturated carbocycles. The van der Waals surface area contributed by atoms with E-state index in [0.717, 1.165) is 56.3 Å². The number of nitrogens with zero attached hydrogens (tertiary/aromatic N) is 1. The van der Waals surface area contributed by atoms with Gasteiger partial charge in [0.1, 0.15) is 11.2 Å². The molecule has 2 heteroatoms. The Kier molecular flexibility index (Phi) is 8.04. The lowest BCUT2D eigenvalue weighted by molar-refractivity contribution is 0.669. The van der Waals surface area contributed by atoms with Gasteiger partial charge in [-0.15, -0.1) is 0 Å². The SMILES string of the molecule is C(=N/C(=C\Cc1ccccc1)c1ccccc1)c1cccc2oc3ccc(-c4cccc(-c5ccc(-c6ccccc6)cc5)c4)cc3c12. The van der Waals surface area contributed by atoms with Gasteiger partial charge in [-0.1, -0.05) is 158 Å². The minimum absolute atomic E-state index is 0.806. The smallest absolute Gasteiger partial charge is 0.136 e. The number of hydrogen-bond acceptors (Lipinski definition) is 2. The first kappa shape index (κ1) is 29.2. The van der Waals surface area contributed by atoms with Gasteiger partial charge in [0.15, 0.2) is 0 Å². The average molecular weight is 616 g/mol. The highest BCUT2D eigenvalue weighted by Crippen LogP contribution is 2.35. The van der Waals surface area contributed by atoms with Crippen molar-refractivity contribution < 1.29 is 4.42 Å². The summed E-state index contributed by atoms with van der Waals surface area (Å²) in [5.74, 6) is 0. The van der Waals surface area contributed by atoms with Crippen LogP contribution in [0, 0.1) is 0 Å². The molecule has 0 aliphatic carbocycles. The van der Waals surface area contributed by atoms with E-state index in [1.54, 1.807) is 0 Å². The first-order valence-corrected chi connectivity index (χ1v) is 16.3. The minimum atomic E-state index is 0.806. The minimum Gasteiger partial charge on any atom is -0.456 e. The second-order valence-electron chi connectivity index (χ2n) is 12.0. The summed E-state index contributed by atoms with van der Waals surface area (Å²) in [5, 5.41) is 2.15. The van der Waals surface area contributed by atoms with Gasteiger partial charge in [-0.05, 0) is 75.2 Å². The molecule has 0 aliphatic rings. The van der Waals surface area contributed by atoms with E-state index >= 15 is 0 Å². The van der Waals surface area contributed by atoms with Crippen molar-refractivity contribution in [3.63, 3.8) is 0 Å². The molecule has 8 aromatic rings. The lowest BCUT2D eigenvalue weighted by atomic mass is 9.96. The van der Waals surface area contributed by atoms with Gasteiger partial charge in [0, 0.05) is 22.6 Å². The van der Waals surface area contributed by atoms with E-state index < -0.39 is 0 Å². The predicted molar refractivity (Wildman–Crippen MR) is 202 cm³/mol. The quantitative estimate of drug-likeness (QED) is 0.156. The molecule has 0 fully saturated rings. The highest BCUT2D eigenvalue weighted by molar-refractivity contribution is 6.14. The first-order chi connectivity index (χ1) is 23.8. The standard InChI is InChI=1S/C46H33NO/c1-4-12-33(13-5-1)22-28-43(37-16-8-3-9-17-37)47-32-41-20-11-21-45-46(41)42-31-40(27-29-44(42)48-45)39-19-10-18-38(30-39)36-25-23-35(24-26-36)34-14-6-2-7-15-34/h1-21,23-32H,22H2/b43-28-,47-32?. The molecule has 0 spiro atoms. The normalized spacial score (nSPS) is 11.9. The van der Waals surface area contributed by atoms with Crippen molar-refractivity contribution in [3.05, 3.63) is 199 Å². The van der Waals surface area contributed by atoms with Crippen LogP contribution in [0.25, 0.3) is 61.0 Å². The number of furan rings is 1. The van der Waals surface area contributed by atoms with Crippen LogP contribution in [0.2, 0.25) is 0 Å². The van der Waals surface area contributed by atoms with Crippen LogP contribution >= 0.6 is 0 Å². The zero-order chi connectivity index (χ0) is 32.1. The largest absolute Gasteiger partial charge is 0.456 e. The van der Waals surface area contributed by atoms with E-state index in [0.29, 0.717) is 0 Å². The summed E-state index contributed by atoms with van der Waals surface area (Å²) in [7, 11) is 0. The van der Waals surface area contributed by atoms with Gasteiger partial charge in [-0.3, -0.25) is 4.99 Å². The van der Waals surface area contributed by atoms with Gasteiger partial charge in [0.05, 0.1) is 5.70 Å². The zero-order valence-corrected chi connectivity index (χ0v) is 26.5. The first-order valence-electron chi connectivity index (χ1n) is 16.3. The molecule has 0 saturated heterocycles. The molecule has 0 amide bonds. The number of allylic oxidation sites excluding steroid dienone is 1. The summed E-state index contributed by atoms with van der Waals surface area (Å²) >= 11 is 0. The van der Waals surface area contributed by atoms with Crippen molar-refractivity contribution in [2.75, 3.05) is 0 Å². The Morgan fingerprint density at radius 1 is 0.479 bits per heavy atom. The second kappa shape index (κ2) is 13.2. The molecular weight excluding hydrogens is 583 g/mol. The van der Waals surface area contributed by atoms with Gasteiger partial charge < -0.3 is 4.42 Å². The van der Waals surface area contributed by atoms with Crippen molar-refractivity contribution in [2.24, 2.45) is 4.99 Å². The van der Waals surface area contributed by atoms with Gasteiger partial charge >= 0.3 is 0 Å². The van der Waals surface area contributed by atoms with Crippen LogP contribution in [0.3, 0.4) is 0 Å². The Morgan fingerprint density at radius 3 is 1.79 bits per heavy atom. The molecule has 48 heavy (non-hydrogen) atoms. The van der Waals surface area contributed by atoms with Crippen LogP contribution in [0.4, 0.5) is 0 Å². The summed E-state index contributed by atoms with van der Waals surface area (Å²) in [6, 6.07) is 61.6. The van der Waals surface area contributed by atoms with Gasteiger partial charge in [0.2, 0.25) is 0 Å². The maximum atomic E-state index is 6.35. The molecule has 1 aromatic heterocycles. The van der Waals surface area contributed by atoms with E-state index in [1.807, 2.05) is 30.5 Å². The van der Waals surface area contributed by atoms with E-state index in [-0.39, 0.29) is 0 Å². The molecule has 0 atom stereocenters. The van der Waals surface area contributed by atoms with Crippen LogP contribution in [0.15, 0.2) is 191 Å². The summed E-state index contributed by atoms with van der Waals surface area (Å²) in [6.45, 7) is 0. The fraction of sp³-hybridized carbons (Fsp3) is 0.0217. The van der Waals surface area contributed by atoms with Crippen LogP contribution in [-0.4, -0.2) is 6.21 Å². The van der Waals surface area contributed by atoms with Crippen LogP contribution in [0.5, 0.6) is 0 Å². The fourth-order valence-electron chi connectivity index (χ4n) is 6.33. The molecule has 228 valence electrons. The molecule has 0 N–H and O–H groups in total. The monoisotopic (exact) mass is 615 g/mol. The number of benzene rings is 7. The second-order valence-corrected chi connectivity index (χ2v) is 12.0. The number of rotatable bonds is 8. The van der Waals surface area contributed by atoms with Gasteiger partial charge in [-0.2, -0.15) is 0 Å². The van der Waals surface area contributed by atoms with E-state index in [4.69, 9.17) is 9.41 Å². The summed E-state index contributed by atoms with van der Waals surface area (Å²) in [5.41, 5.74) is 13.2. The van der Waals surface area contributed by atoms with E-state index in [1.165, 1.54) is 27.8 Å². The van der Waals surface area contributed by atoms with Gasteiger partial charge in [-0.25, -0.2) is 0 Å². The predicted octanol–water partition coefficient (Wildman–Crippen LogP) is 12.3. The molecular formula is C46H33NO. The van der Waals surface area contributed by atoms with Crippen LogP contribution in [-0.2, 0) is 6.42 Å². The van der Waals surface area contributed by atoms with Crippen LogP contribution in [0.1, 0.15) is 16.7 Å². The Bertz CT molecular complexity index is 2380. The van der Waals surface area contributed by atoms with Crippen molar-refractivity contribution in [2.45, 2.75) is 6.42 Å². The maximum Gasteiger partial charge on any atom is 0.136 e. The molecule has 0 unspecified atom stereocenters. The summed E-state index contributed by atoms with van der Waals surface area (Å²) in [4.78, 5) is 5.06. The Morgan fingerprint density at radius 2 is 1.04 bits per heavy atom. The van der Waals surface area contributed by atoms with Crippen molar-refractivity contribution >= 4 is 33.9 Å². The highest BCUT2D eigenvalue weighted by Gasteiger charge is 2.12. The lowest BCUT2D eigenvalue weighted by Crippen LogP contribution is -1.88. The molecule has 8 rings (SSSR count). The van der Waals surface area contributed by atoms with E-state index in [2.05, 4.69) is 158 Å². The number of aliphatic imine (C=N–C) groups is 1. The Hall–Kier alpha value is -6.25. The molecule has 7 aromatic carbocycles. The Balaban J connectivity index is 1.14. The van der Waals surface area contributed by atoms with Crippen LogP contribution < -0.4 is 0 Å². The van der Waals surface area contributed by atoms with Crippen molar-refractivity contribution in [1.82, 2.24) is 0 Å². The molecule has 0 aliphatic heterocycles. The van der Waals surface area contributed by atoms with Crippen molar-refractivity contribution in [1.29, 1.82) is 0 Å². The third-order valence-corrected chi connectivity index (χ3v) is 8.83. The highest BCUT2D eigenvalue weighted by atomic mass is 16.3. The molecule has 0 radical (unpaired) electrons. The van der Waals surface area contributed by atoms with Crippen molar-refractivity contribution in [3.8, 4) is 33.4 Å². The summed E-state index contributed by atoms with van der Waals surface area (Å²) < 4.78 is 6.35. The maximum absolute atomic E-state index is 6.35. The molecule has 0 bridgehead atoms. The molecule has 1 heterocycles. The lowest BCUT2D eigenvalue weighted by Gasteiger charge is -2.08. The average Bonchev–Trinajstić information content (AvgIpc) is 3.55. The number of fused-ring (bicyclic) bond motifs is 3. The topological polar surface area (TPSA) is 25.5 Å². The van der Waals surface area contributed by atoms with Gasteiger partial charge in [0.25, 0.3) is 0 Å². The number of hydrogen-bond donors (Lipinski definition) is 0. The summed E-state index contributed by atoms with van der Waals surface area (Å²) in [6.07, 6.45) is 4.99. The van der Waals surface area contributed by atoms with E-state index in [9.17, 15) is 0 Å².